The second kappa shape index (κ2) is 8.92. The van der Waals surface area contributed by atoms with Crippen LogP contribution in [-0.4, -0.2) is 11.9 Å². The molecule has 0 unspecified atom stereocenters. The first-order valence-corrected chi connectivity index (χ1v) is 10.5. The van der Waals surface area contributed by atoms with E-state index in [4.69, 9.17) is 0 Å². The van der Waals surface area contributed by atoms with Crippen molar-refractivity contribution >= 4 is 28.1 Å². The average Bonchev–Trinajstić information content (AvgIpc) is 2.70. The summed E-state index contributed by atoms with van der Waals surface area (Å²) in [6.45, 7) is 0. The molecule has 0 saturated heterocycles. The Labute approximate surface area is 167 Å². The Morgan fingerprint density at radius 2 is 1.43 bits per heavy atom. The van der Waals surface area contributed by atoms with Gasteiger partial charge in [0, 0.05) is 11.7 Å². The van der Waals surface area contributed by atoms with E-state index in [2.05, 4.69) is 41.0 Å². The summed E-state index contributed by atoms with van der Waals surface area (Å²) in [5, 5.41) is 9.12. The van der Waals surface area contributed by atoms with Gasteiger partial charge in [0.1, 0.15) is 0 Å². The minimum atomic E-state index is 0.0227. The van der Waals surface area contributed by atoms with Gasteiger partial charge in [-0.25, -0.2) is 0 Å². The summed E-state index contributed by atoms with van der Waals surface area (Å²) in [4.78, 5) is 13.0. The minimum absolute atomic E-state index is 0.0227. The van der Waals surface area contributed by atoms with Gasteiger partial charge < -0.3 is 10.6 Å². The molecular formula is C25H28N2O. The third-order valence-electron chi connectivity index (χ3n) is 5.64. The predicted molar refractivity (Wildman–Crippen MR) is 117 cm³/mol. The molecule has 1 fully saturated rings. The highest BCUT2D eigenvalue weighted by Crippen LogP contribution is 2.25. The van der Waals surface area contributed by atoms with Crippen molar-refractivity contribution in [3.8, 4) is 0 Å². The van der Waals surface area contributed by atoms with Crippen LogP contribution in [0.3, 0.4) is 0 Å². The monoisotopic (exact) mass is 372 g/mol. The first-order chi connectivity index (χ1) is 13.8. The molecule has 0 aromatic heterocycles. The Kier molecular flexibility index (Phi) is 5.91. The molecule has 3 heteroatoms. The van der Waals surface area contributed by atoms with Crippen LogP contribution >= 0.6 is 0 Å². The topological polar surface area (TPSA) is 41.1 Å². The quantitative estimate of drug-likeness (QED) is 0.554. The summed E-state index contributed by atoms with van der Waals surface area (Å²) >= 11 is 0. The fraction of sp³-hybridized carbons (Fsp3) is 0.320. The van der Waals surface area contributed by atoms with Crippen LogP contribution in [0.4, 0.5) is 11.4 Å². The molecule has 0 heterocycles. The molecule has 0 spiro atoms. The second-order valence-corrected chi connectivity index (χ2v) is 7.75. The van der Waals surface area contributed by atoms with Crippen LogP contribution in [0.2, 0.25) is 0 Å². The molecule has 28 heavy (non-hydrogen) atoms. The van der Waals surface area contributed by atoms with Gasteiger partial charge in [-0.3, -0.25) is 4.79 Å². The van der Waals surface area contributed by atoms with E-state index in [1.54, 1.807) is 0 Å². The highest BCUT2D eigenvalue weighted by molar-refractivity contribution is 6.00. The number of rotatable bonds is 4. The molecule has 1 aliphatic rings. The number of nitrogens with one attached hydrogen (secondary N) is 2. The molecule has 0 atom stereocenters. The molecule has 4 rings (SSSR count). The van der Waals surface area contributed by atoms with Crippen LogP contribution in [0, 0.1) is 0 Å². The summed E-state index contributed by atoms with van der Waals surface area (Å²) in [6, 6.07) is 22.7. The molecule has 3 aromatic rings. The molecule has 2 N–H and O–H groups in total. The van der Waals surface area contributed by atoms with Crippen LogP contribution in [-0.2, 0) is 0 Å². The second-order valence-electron chi connectivity index (χ2n) is 7.75. The Hall–Kier alpha value is -2.81. The standard InChI is InChI=1S/C25H28N2O/c28-25(27-21-12-4-2-1-3-5-13-21)23-14-8-9-15-24(23)26-22-17-16-19-10-6-7-11-20(19)18-22/h6-11,14-18,21,26H,1-5,12-13H2,(H,27,28). The number of hydrogen-bond acceptors (Lipinski definition) is 2. The van der Waals surface area contributed by atoms with E-state index in [-0.39, 0.29) is 5.91 Å². The number of hydrogen-bond donors (Lipinski definition) is 2. The normalized spacial score (nSPS) is 15.6. The van der Waals surface area contributed by atoms with E-state index < -0.39 is 0 Å². The third-order valence-corrected chi connectivity index (χ3v) is 5.64. The lowest BCUT2D eigenvalue weighted by Crippen LogP contribution is -2.35. The molecule has 3 aromatic carbocycles. The zero-order valence-electron chi connectivity index (χ0n) is 16.3. The fourth-order valence-electron chi connectivity index (χ4n) is 4.08. The molecule has 3 nitrogen and oxygen atoms in total. The molecule has 1 aliphatic carbocycles. The maximum atomic E-state index is 13.0. The van der Waals surface area contributed by atoms with Crippen molar-refractivity contribution in [2.75, 3.05) is 5.32 Å². The molecule has 1 saturated carbocycles. The van der Waals surface area contributed by atoms with Gasteiger partial charge in [-0.05, 0) is 47.9 Å². The molecule has 144 valence electrons. The van der Waals surface area contributed by atoms with Crippen molar-refractivity contribution in [1.82, 2.24) is 5.32 Å². The first kappa shape index (κ1) is 18.5. The average molecular weight is 373 g/mol. The van der Waals surface area contributed by atoms with Crippen LogP contribution in [0.25, 0.3) is 10.8 Å². The molecule has 0 aliphatic heterocycles. The van der Waals surface area contributed by atoms with Crippen molar-refractivity contribution < 1.29 is 4.79 Å². The van der Waals surface area contributed by atoms with Gasteiger partial charge in [0.2, 0.25) is 0 Å². The van der Waals surface area contributed by atoms with E-state index in [0.717, 1.165) is 24.2 Å². The van der Waals surface area contributed by atoms with E-state index in [1.165, 1.54) is 42.9 Å². The van der Waals surface area contributed by atoms with Crippen molar-refractivity contribution in [3.05, 3.63) is 72.3 Å². The molecule has 0 radical (unpaired) electrons. The maximum absolute atomic E-state index is 13.0. The zero-order chi connectivity index (χ0) is 19.2. The summed E-state index contributed by atoms with van der Waals surface area (Å²) in [6.07, 6.45) is 8.50. The van der Waals surface area contributed by atoms with E-state index in [0.29, 0.717) is 11.6 Å². The zero-order valence-corrected chi connectivity index (χ0v) is 16.3. The van der Waals surface area contributed by atoms with Crippen LogP contribution in [0.5, 0.6) is 0 Å². The molecule has 1 amide bonds. The molecule has 0 bridgehead atoms. The van der Waals surface area contributed by atoms with E-state index >= 15 is 0 Å². The number of fused-ring (bicyclic) bond motifs is 1. The van der Waals surface area contributed by atoms with Gasteiger partial charge >= 0.3 is 0 Å². The summed E-state index contributed by atoms with van der Waals surface area (Å²) in [5.74, 6) is 0.0227. The maximum Gasteiger partial charge on any atom is 0.253 e. The van der Waals surface area contributed by atoms with Gasteiger partial charge in [0.25, 0.3) is 5.91 Å². The summed E-state index contributed by atoms with van der Waals surface area (Å²) in [7, 11) is 0. The van der Waals surface area contributed by atoms with Gasteiger partial charge in [-0.15, -0.1) is 0 Å². The van der Waals surface area contributed by atoms with Crippen molar-refractivity contribution in [2.24, 2.45) is 0 Å². The Bertz CT molecular complexity index is 942. The fourth-order valence-corrected chi connectivity index (χ4v) is 4.08. The number of anilines is 2. The minimum Gasteiger partial charge on any atom is -0.355 e. The van der Waals surface area contributed by atoms with Gasteiger partial charge in [-0.2, -0.15) is 0 Å². The Morgan fingerprint density at radius 1 is 0.750 bits per heavy atom. The number of amides is 1. The lowest BCUT2D eigenvalue weighted by atomic mass is 9.96. The third kappa shape index (κ3) is 4.53. The highest BCUT2D eigenvalue weighted by atomic mass is 16.1. The van der Waals surface area contributed by atoms with Crippen LogP contribution in [0.15, 0.2) is 66.7 Å². The van der Waals surface area contributed by atoms with Crippen molar-refractivity contribution in [1.29, 1.82) is 0 Å². The lowest BCUT2D eigenvalue weighted by Gasteiger charge is -2.22. The Balaban J connectivity index is 1.51. The lowest BCUT2D eigenvalue weighted by molar-refractivity contribution is 0.0931. The smallest absolute Gasteiger partial charge is 0.253 e. The van der Waals surface area contributed by atoms with Crippen LogP contribution in [0.1, 0.15) is 55.3 Å². The number of para-hydroxylation sites is 1. The number of carbonyl (C=O) groups is 1. The first-order valence-electron chi connectivity index (χ1n) is 10.5. The highest BCUT2D eigenvalue weighted by Gasteiger charge is 2.17. The molecular weight excluding hydrogens is 344 g/mol. The van der Waals surface area contributed by atoms with E-state index in [9.17, 15) is 4.79 Å². The number of carbonyl (C=O) groups excluding carboxylic acids is 1. The Morgan fingerprint density at radius 3 is 2.25 bits per heavy atom. The van der Waals surface area contributed by atoms with E-state index in [1.807, 2.05) is 36.4 Å². The summed E-state index contributed by atoms with van der Waals surface area (Å²) < 4.78 is 0. The predicted octanol–water partition coefficient (Wildman–Crippen LogP) is 6.43. The number of benzene rings is 3. The van der Waals surface area contributed by atoms with Crippen molar-refractivity contribution in [2.45, 2.75) is 51.0 Å². The van der Waals surface area contributed by atoms with Crippen molar-refractivity contribution in [3.63, 3.8) is 0 Å². The van der Waals surface area contributed by atoms with Gasteiger partial charge in [0.15, 0.2) is 0 Å². The SMILES string of the molecule is O=C(NC1CCCCCCC1)c1ccccc1Nc1ccc2ccccc2c1. The summed E-state index contributed by atoms with van der Waals surface area (Å²) in [5.41, 5.74) is 2.55. The largest absolute Gasteiger partial charge is 0.355 e. The van der Waals surface area contributed by atoms with Gasteiger partial charge in [-0.1, -0.05) is 74.6 Å². The van der Waals surface area contributed by atoms with Crippen LogP contribution < -0.4 is 10.6 Å². The van der Waals surface area contributed by atoms with Gasteiger partial charge in [0.05, 0.1) is 11.3 Å².